The topological polar surface area (TPSA) is 58.1 Å². The highest BCUT2D eigenvalue weighted by Gasteiger charge is 2.09. The predicted molar refractivity (Wildman–Crippen MR) is 77.4 cm³/mol. The van der Waals surface area contributed by atoms with Gasteiger partial charge in [-0.3, -0.25) is 4.79 Å². The summed E-state index contributed by atoms with van der Waals surface area (Å²) in [5.74, 6) is 1.06. The van der Waals surface area contributed by atoms with Gasteiger partial charge in [-0.25, -0.2) is 0 Å². The van der Waals surface area contributed by atoms with Crippen LogP contribution in [-0.2, 0) is 0 Å². The second-order valence-electron chi connectivity index (χ2n) is 5.16. The SMILES string of the molecule is CCCCN(C)c1ccc(C(=O)NCC(C)C)nn1. The summed E-state index contributed by atoms with van der Waals surface area (Å²) in [6, 6.07) is 3.56. The molecule has 0 aromatic carbocycles. The van der Waals surface area contributed by atoms with Gasteiger partial charge in [0.15, 0.2) is 11.5 Å². The van der Waals surface area contributed by atoms with Gasteiger partial charge in [-0.05, 0) is 24.5 Å². The number of aromatic nitrogens is 2. The van der Waals surface area contributed by atoms with Crippen LogP contribution in [0.4, 0.5) is 5.82 Å². The molecule has 0 aliphatic rings. The molecule has 19 heavy (non-hydrogen) atoms. The lowest BCUT2D eigenvalue weighted by molar-refractivity contribution is 0.0943. The van der Waals surface area contributed by atoms with E-state index >= 15 is 0 Å². The van der Waals surface area contributed by atoms with Gasteiger partial charge < -0.3 is 10.2 Å². The Labute approximate surface area is 115 Å². The third kappa shape index (κ3) is 5.24. The molecule has 5 heteroatoms. The zero-order chi connectivity index (χ0) is 14.3. The van der Waals surface area contributed by atoms with Gasteiger partial charge in [0.2, 0.25) is 0 Å². The molecule has 0 atom stereocenters. The molecule has 0 saturated carbocycles. The summed E-state index contributed by atoms with van der Waals surface area (Å²) in [6.45, 7) is 7.86. The maximum atomic E-state index is 11.8. The Hall–Kier alpha value is -1.65. The number of anilines is 1. The van der Waals surface area contributed by atoms with E-state index < -0.39 is 0 Å². The number of hydrogen-bond donors (Lipinski definition) is 1. The molecule has 106 valence electrons. The summed E-state index contributed by atoms with van der Waals surface area (Å²) in [5, 5.41) is 10.9. The lowest BCUT2D eigenvalue weighted by Gasteiger charge is -2.16. The number of unbranched alkanes of at least 4 members (excludes halogenated alkanes) is 1. The van der Waals surface area contributed by atoms with E-state index in [4.69, 9.17) is 0 Å². The van der Waals surface area contributed by atoms with Crippen molar-refractivity contribution in [2.24, 2.45) is 5.92 Å². The average Bonchev–Trinajstić information content (AvgIpc) is 2.42. The molecule has 0 fully saturated rings. The van der Waals surface area contributed by atoms with E-state index in [1.807, 2.05) is 18.0 Å². The average molecular weight is 264 g/mol. The normalized spacial score (nSPS) is 10.6. The van der Waals surface area contributed by atoms with Gasteiger partial charge in [-0.15, -0.1) is 10.2 Å². The van der Waals surface area contributed by atoms with Crippen LogP contribution in [-0.4, -0.2) is 36.2 Å². The van der Waals surface area contributed by atoms with E-state index in [1.54, 1.807) is 6.07 Å². The molecular formula is C14H24N4O. The Morgan fingerprint density at radius 1 is 1.37 bits per heavy atom. The molecule has 0 radical (unpaired) electrons. The number of carbonyl (C=O) groups is 1. The zero-order valence-corrected chi connectivity index (χ0v) is 12.3. The summed E-state index contributed by atoms with van der Waals surface area (Å²) in [7, 11) is 1.98. The van der Waals surface area contributed by atoms with E-state index in [-0.39, 0.29) is 5.91 Å². The van der Waals surface area contributed by atoms with Gasteiger partial charge in [-0.2, -0.15) is 0 Å². The Bertz CT molecular complexity index is 389. The van der Waals surface area contributed by atoms with Crippen molar-refractivity contribution in [1.82, 2.24) is 15.5 Å². The van der Waals surface area contributed by atoms with Crippen LogP contribution in [0.15, 0.2) is 12.1 Å². The number of amides is 1. The number of nitrogens with zero attached hydrogens (tertiary/aromatic N) is 3. The summed E-state index contributed by atoms with van der Waals surface area (Å²) < 4.78 is 0. The largest absolute Gasteiger partial charge is 0.358 e. The maximum absolute atomic E-state index is 11.8. The molecule has 0 aliphatic carbocycles. The smallest absolute Gasteiger partial charge is 0.271 e. The molecule has 0 spiro atoms. The molecular weight excluding hydrogens is 240 g/mol. The highest BCUT2D eigenvalue weighted by atomic mass is 16.1. The van der Waals surface area contributed by atoms with Crippen molar-refractivity contribution in [1.29, 1.82) is 0 Å². The summed E-state index contributed by atoms with van der Waals surface area (Å²) in [4.78, 5) is 13.8. The highest BCUT2D eigenvalue weighted by Crippen LogP contribution is 2.08. The Morgan fingerprint density at radius 3 is 2.63 bits per heavy atom. The van der Waals surface area contributed by atoms with Crippen molar-refractivity contribution < 1.29 is 4.79 Å². The molecule has 0 unspecified atom stereocenters. The predicted octanol–water partition coefficient (Wildman–Crippen LogP) is 2.10. The Kier molecular flexibility index (Phi) is 6.25. The van der Waals surface area contributed by atoms with Gasteiger partial charge in [0.1, 0.15) is 0 Å². The minimum absolute atomic E-state index is 0.163. The third-order valence-electron chi connectivity index (χ3n) is 2.79. The standard InChI is InChI=1S/C14H24N4O/c1-5-6-9-18(4)13-8-7-12(16-17-13)14(19)15-10-11(2)3/h7-8,11H,5-6,9-10H2,1-4H3,(H,15,19). The summed E-state index contributed by atoms with van der Waals surface area (Å²) in [6.07, 6.45) is 2.27. The van der Waals surface area contributed by atoms with Crippen molar-refractivity contribution in [3.05, 3.63) is 17.8 Å². The monoisotopic (exact) mass is 264 g/mol. The second-order valence-corrected chi connectivity index (χ2v) is 5.16. The molecule has 5 nitrogen and oxygen atoms in total. The van der Waals surface area contributed by atoms with Crippen LogP contribution in [0.2, 0.25) is 0 Å². The van der Waals surface area contributed by atoms with Crippen LogP contribution in [0.5, 0.6) is 0 Å². The van der Waals surface area contributed by atoms with Crippen LogP contribution in [0.1, 0.15) is 44.1 Å². The van der Waals surface area contributed by atoms with E-state index in [0.717, 1.165) is 25.2 Å². The minimum atomic E-state index is -0.163. The number of rotatable bonds is 7. The Balaban J connectivity index is 2.57. The van der Waals surface area contributed by atoms with Crippen molar-refractivity contribution >= 4 is 11.7 Å². The van der Waals surface area contributed by atoms with Gasteiger partial charge in [0.25, 0.3) is 5.91 Å². The van der Waals surface area contributed by atoms with Gasteiger partial charge in [-0.1, -0.05) is 27.2 Å². The molecule has 1 amide bonds. The van der Waals surface area contributed by atoms with E-state index in [1.165, 1.54) is 0 Å². The maximum Gasteiger partial charge on any atom is 0.271 e. The third-order valence-corrected chi connectivity index (χ3v) is 2.79. The van der Waals surface area contributed by atoms with Crippen LogP contribution < -0.4 is 10.2 Å². The van der Waals surface area contributed by atoms with E-state index in [0.29, 0.717) is 18.2 Å². The summed E-state index contributed by atoms with van der Waals surface area (Å²) >= 11 is 0. The van der Waals surface area contributed by atoms with Gasteiger partial charge >= 0.3 is 0 Å². The summed E-state index contributed by atoms with van der Waals surface area (Å²) in [5.41, 5.74) is 0.369. The molecule has 1 aromatic rings. The molecule has 1 heterocycles. The first-order chi connectivity index (χ1) is 9.04. The number of carbonyl (C=O) groups excluding carboxylic acids is 1. The van der Waals surface area contributed by atoms with E-state index in [9.17, 15) is 4.79 Å². The first-order valence-corrected chi connectivity index (χ1v) is 6.87. The fourth-order valence-electron chi connectivity index (χ4n) is 1.55. The Morgan fingerprint density at radius 2 is 2.11 bits per heavy atom. The van der Waals surface area contributed by atoms with Crippen molar-refractivity contribution in [2.75, 3.05) is 25.0 Å². The van der Waals surface area contributed by atoms with E-state index in [2.05, 4.69) is 36.3 Å². The highest BCUT2D eigenvalue weighted by molar-refractivity contribution is 5.92. The van der Waals surface area contributed by atoms with Crippen LogP contribution >= 0.6 is 0 Å². The number of hydrogen-bond acceptors (Lipinski definition) is 4. The lowest BCUT2D eigenvalue weighted by atomic mass is 10.2. The van der Waals surface area contributed by atoms with Gasteiger partial charge in [0, 0.05) is 20.1 Å². The minimum Gasteiger partial charge on any atom is -0.358 e. The van der Waals surface area contributed by atoms with Crippen molar-refractivity contribution in [2.45, 2.75) is 33.6 Å². The van der Waals surface area contributed by atoms with Crippen LogP contribution in [0, 0.1) is 5.92 Å². The van der Waals surface area contributed by atoms with Crippen molar-refractivity contribution in [3.8, 4) is 0 Å². The molecule has 0 saturated heterocycles. The second kappa shape index (κ2) is 7.71. The molecule has 0 aliphatic heterocycles. The quantitative estimate of drug-likeness (QED) is 0.819. The molecule has 1 aromatic heterocycles. The first-order valence-electron chi connectivity index (χ1n) is 6.87. The molecule has 1 N–H and O–H groups in total. The first kappa shape index (κ1) is 15.4. The number of nitrogens with one attached hydrogen (secondary N) is 1. The molecule has 1 rings (SSSR count). The van der Waals surface area contributed by atoms with Crippen molar-refractivity contribution in [3.63, 3.8) is 0 Å². The fraction of sp³-hybridized carbons (Fsp3) is 0.643. The lowest BCUT2D eigenvalue weighted by Crippen LogP contribution is -2.28. The fourth-order valence-corrected chi connectivity index (χ4v) is 1.55. The van der Waals surface area contributed by atoms with Gasteiger partial charge in [0.05, 0.1) is 0 Å². The van der Waals surface area contributed by atoms with Crippen LogP contribution in [0.25, 0.3) is 0 Å². The van der Waals surface area contributed by atoms with Crippen LogP contribution in [0.3, 0.4) is 0 Å². The molecule has 0 bridgehead atoms. The zero-order valence-electron chi connectivity index (χ0n) is 12.3.